The van der Waals surface area contributed by atoms with Gasteiger partial charge < -0.3 is 4.42 Å². The molecule has 0 spiro atoms. The number of amides is 2. The van der Waals surface area contributed by atoms with Crippen molar-refractivity contribution in [3.05, 3.63) is 23.7 Å². The van der Waals surface area contributed by atoms with Crippen LogP contribution >= 0.6 is 0 Å². The number of rotatable bonds is 4. The summed E-state index contributed by atoms with van der Waals surface area (Å²) in [5.41, 5.74) is -0.193. The quantitative estimate of drug-likeness (QED) is 0.642. The van der Waals surface area contributed by atoms with Gasteiger partial charge in [-0.1, -0.05) is 0 Å². The monoisotopic (exact) mass is 270 g/mol. The molecule has 2 N–H and O–H groups in total. The second-order valence-electron chi connectivity index (χ2n) is 4.69. The summed E-state index contributed by atoms with van der Waals surface area (Å²) in [6.45, 7) is 6.47. The molecule has 0 aliphatic carbocycles. The van der Waals surface area contributed by atoms with Crippen LogP contribution in [0.4, 0.5) is 0 Å². The standard InChI is InChI=1S/C12H18N2O5/c1-7(2)13(17)11(15)9-5-19-6-10(9)12(16)14(18)8(3)4/h5-8,17-18H,1-4H3. The summed E-state index contributed by atoms with van der Waals surface area (Å²) >= 11 is 0. The molecule has 0 saturated heterocycles. The van der Waals surface area contributed by atoms with E-state index in [4.69, 9.17) is 4.42 Å². The molecule has 7 nitrogen and oxygen atoms in total. The van der Waals surface area contributed by atoms with E-state index in [1.54, 1.807) is 27.7 Å². The van der Waals surface area contributed by atoms with Gasteiger partial charge in [0.05, 0.1) is 23.2 Å². The molecule has 1 aromatic rings. The van der Waals surface area contributed by atoms with Gasteiger partial charge in [0.25, 0.3) is 11.8 Å². The van der Waals surface area contributed by atoms with E-state index in [1.807, 2.05) is 0 Å². The van der Waals surface area contributed by atoms with E-state index < -0.39 is 23.9 Å². The fourth-order valence-electron chi connectivity index (χ4n) is 1.34. The smallest absolute Gasteiger partial charge is 0.281 e. The predicted octanol–water partition coefficient (Wildman–Crippen LogP) is 1.76. The molecule has 0 aromatic carbocycles. The highest BCUT2D eigenvalue weighted by Gasteiger charge is 2.28. The minimum absolute atomic E-state index is 0.0964. The maximum absolute atomic E-state index is 11.9. The van der Waals surface area contributed by atoms with Crippen LogP contribution < -0.4 is 0 Å². The molecule has 0 aliphatic rings. The van der Waals surface area contributed by atoms with Gasteiger partial charge in [-0.2, -0.15) is 0 Å². The summed E-state index contributed by atoms with van der Waals surface area (Å²) in [6.07, 6.45) is 2.13. The van der Waals surface area contributed by atoms with Gasteiger partial charge >= 0.3 is 0 Å². The lowest BCUT2D eigenvalue weighted by molar-refractivity contribution is -0.0818. The second-order valence-corrected chi connectivity index (χ2v) is 4.69. The molecule has 19 heavy (non-hydrogen) atoms. The van der Waals surface area contributed by atoms with Gasteiger partial charge in [-0.05, 0) is 27.7 Å². The third-order valence-corrected chi connectivity index (χ3v) is 2.52. The second kappa shape index (κ2) is 5.85. The van der Waals surface area contributed by atoms with E-state index in [0.717, 1.165) is 12.5 Å². The third-order valence-electron chi connectivity index (χ3n) is 2.52. The van der Waals surface area contributed by atoms with Crippen molar-refractivity contribution >= 4 is 11.8 Å². The molecule has 0 saturated carbocycles. The average molecular weight is 270 g/mol. The molecule has 1 aromatic heterocycles. The largest absolute Gasteiger partial charge is 0.471 e. The molecule has 0 fully saturated rings. The summed E-state index contributed by atoms with van der Waals surface area (Å²) in [5.74, 6) is -1.52. The zero-order chi connectivity index (χ0) is 14.7. The van der Waals surface area contributed by atoms with E-state index in [1.165, 1.54) is 0 Å². The van der Waals surface area contributed by atoms with Crippen LogP contribution in [0.1, 0.15) is 48.4 Å². The number of carbonyl (C=O) groups excluding carboxylic acids is 2. The Morgan fingerprint density at radius 2 is 1.26 bits per heavy atom. The Kier molecular flexibility index (Phi) is 4.68. The van der Waals surface area contributed by atoms with Crippen molar-refractivity contribution < 1.29 is 24.4 Å². The van der Waals surface area contributed by atoms with E-state index in [2.05, 4.69) is 0 Å². The Bertz CT molecular complexity index is 426. The van der Waals surface area contributed by atoms with E-state index >= 15 is 0 Å². The van der Waals surface area contributed by atoms with E-state index in [9.17, 15) is 20.0 Å². The van der Waals surface area contributed by atoms with Crippen LogP contribution in [0, 0.1) is 0 Å². The topological polar surface area (TPSA) is 94.2 Å². The summed E-state index contributed by atoms with van der Waals surface area (Å²) in [4.78, 5) is 23.9. The molecule has 0 atom stereocenters. The van der Waals surface area contributed by atoms with E-state index in [0.29, 0.717) is 10.1 Å². The average Bonchev–Trinajstić information content (AvgIpc) is 2.83. The summed E-state index contributed by atoms with van der Waals surface area (Å²) in [6, 6.07) is -0.888. The lowest BCUT2D eigenvalue weighted by atomic mass is 10.1. The lowest BCUT2D eigenvalue weighted by Crippen LogP contribution is -2.37. The highest BCUT2D eigenvalue weighted by Crippen LogP contribution is 2.16. The van der Waals surface area contributed by atoms with E-state index in [-0.39, 0.29) is 11.1 Å². The van der Waals surface area contributed by atoms with Crippen molar-refractivity contribution in [2.45, 2.75) is 39.8 Å². The molecule has 1 rings (SSSR count). The van der Waals surface area contributed by atoms with Crippen molar-refractivity contribution in [1.29, 1.82) is 0 Å². The minimum atomic E-state index is -0.760. The zero-order valence-electron chi connectivity index (χ0n) is 11.3. The molecule has 0 bridgehead atoms. The maximum Gasteiger partial charge on any atom is 0.281 e. The molecule has 106 valence electrons. The van der Waals surface area contributed by atoms with Crippen LogP contribution in [0.15, 0.2) is 16.9 Å². The summed E-state index contributed by atoms with van der Waals surface area (Å²) < 4.78 is 4.83. The highest BCUT2D eigenvalue weighted by molar-refractivity contribution is 6.06. The molecule has 0 radical (unpaired) electrons. The van der Waals surface area contributed by atoms with Crippen LogP contribution in [0.2, 0.25) is 0 Å². The molecule has 7 heteroatoms. The first kappa shape index (κ1) is 15.2. The fourth-order valence-corrected chi connectivity index (χ4v) is 1.34. The number of hydrogen-bond donors (Lipinski definition) is 2. The Hall–Kier alpha value is -1.86. The highest BCUT2D eigenvalue weighted by atomic mass is 16.5. The van der Waals surface area contributed by atoms with Crippen LogP contribution in [-0.4, -0.2) is 44.4 Å². The normalized spacial score (nSPS) is 10.9. The Labute approximate surface area is 110 Å². The molecule has 0 aliphatic heterocycles. The first-order chi connectivity index (χ1) is 8.77. The zero-order valence-corrected chi connectivity index (χ0v) is 11.3. The number of nitrogens with zero attached hydrogens (tertiary/aromatic N) is 2. The molecule has 1 heterocycles. The van der Waals surface area contributed by atoms with Gasteiger partial charge in [0.2, 0.25) is 0 Å². The SMILES string of the molecule is CC(C)N(O)C(=O)c1cocc1C(=O)N(O)C(C)C. The van der Waals surface area contributed by atoms with Crippen molar-refractivity contribution in [3.63, 3.8) is 0 Å². The van der Waals surface area contributed by atoms with Crippen LogP contribution in [0.5, 0.6) is 0 Å². The summed E-state index contributed by atoms with van der Waals surface area (Å²) in [5, 5.41) is 20.1. The van der Waals surface area contributed by atoms with Gasteiger partial charge in [0.1, 0.15) is 12.5 Å². The maximum atomic E-state index is 11.9. The van der Waals surface area contributed by atoms with Crippen molar-refractivity contribution in [3.8, 4) is 0 Å². The summed E-state index contributed by atoms with van der Waals surface area (Å²) in [7, 11) is 0. The first-order valence-electron chi connectivity index (χ1n) is 5.88. The predicted molar refractivity (Wildman–Crippen MR) is 64.9 cm³/mol. The number of hydroxylamine groups is 4. The van der Waals surface area contributed by atoms with Gasteiger partial charge in [0.15, 0.2) is 0 Å². The van der Waals surface area contributed by atoms with Crippen molar-refractivity contribution in [2.75, 3.05) is 0 Å². The molecular weight excluding hydrogens is 252 g/mol. The van der Waals surface area contributed by atoms with Gasteiger partial charge in [0, 0.05) is 0 Å². The van der Waals surface area contributed by atoms with Crippen LogP contribution in [0.25, 0.3) is 0 Å². The lowest BCUT2D eigenvalue weighted by Gasteiger charge is -2.20. The number of carbonyl (C=O) groups is 2. The van der Waals surface area contributed by atoms with Crippen LogP contribution in [-0.2, 0) is 0 Å². The Balaban J connectivity index is 3.05. The first-order valence-corrected chi connectivity index (χ1v) is 5.88. The van der Waals surface area contributed by atoms with Gasteiger partial charge in [-0.25, -0.2) is 10.1 Å². The number of hydrogen-bond acceptors (Lipinski definition) is 5. The van der Waals surface area contributed by atoms with Gasteiger partial charge in [-0.15, -0.1) is 0 Å². The molecule has 0 unspecified atom stereocenters. The van der Waals surface area contributed by atoms with Gasteiger partial charge in [-0.3, -0.25) is 20.0 Å². The minimum Gasteiger partial charge on any atom is -0.471 e. The third kappa shape index (κ3) is 3.12. The van der Waals surface area contributed by atoms with Crippen LogP contribution in [0.3, 0.4) is 0 Å². The molecule has 2 amide bonds. The Morgan fingerprint density at radius 3 is 1.53 bits per heavy atom. The molecular formula is C12H18N2O5. The fraction of sp³-hybridized carbons (Fsp3) is 0.500. The number of furan rings is 1. The van der Waals surface area contributed by atoms with Crippen molar-refractivity contribution in [2.24, 2.45) is 0 Å². The Morgan fingerprint density at radius 1 is 0.947 bits per heavy atom. The van der Waals surface area contributed by atoms with Crippen molar-refractivity contribution in [1.82, 2.24) is 10.1 Å².